The molecule has 36 heavy (non-hydrogen) atoms. The van der Waals surface area contributed by atoms with Crippen molar-refractivity contribution in [2.75, 3.05) is 11.4 Å². The minimum Gasteiger partial charge on any atom is -0.330 e. The Labute approximate surface area is 196 Å². The monoisotopic (exact) mass is 515 g/mol. The molecule has 15 heteroatoms. The average molecular weight is 515 g/mol. The van der Waals surface area contributed by atoms with Crippen LogP contribution in [0, 0.1) is 11.3 Å². The van der Waals surface area contributed by atoms with Crippen LogP contribution in [-0.4, -0.2) is 75.3 Å². The second-order valence-electron chi connectivity index (χ2n) is 8.51. The lowest BCUT2D eigenvalue weighted by molar-refractivity contribution is -0.346. The minimum absolute atomic E-state index is 0.00714. The Morgan fingerprint density at radius 3 is 2.42 bits per heavy atom. The summed E-state index contributed by atoms with van der Waals surface area (Å²) in [5, 5.41) is 9.52. The molecule has 1 aromatic carbocycles. The normalized spacial score (nSPS) is 24.1. The van der Waals surface area contributed by atoms with Crippen molar-refractivity contribution in [2.45, 2.75) is 42.6 Å². The van der Waals surface area contributed by atoms with Crippen LogP contribution in [0.2, 0.25) is 0 Å². The number of urea groups is 1. The molecule has 188 valence electrons. The van der Waals surface area contributed by atoms with E-state index in [0.717, 1.165) is 4.90 Å². The predicted molar refractivity (Wildman–Crippen MR) is 105 cm³/mol. The number of benzene rings is 1. The van der Waals surface area contributed by atoms with Gasteiger partial charge in [-0.2, -0.15) is 36.0 Å². The number of carbonyl (C=O) groups excluding carboxylic acids is 3. The molecule has 0 radical (unpaired) electrons. The number of rotatable bonds is 3. The number of aromatic nitrogens is 1. The van der Waals surface area contributed by atoms with Crippen molar-refractivity contribution in [1.82, 2.24) is 14.8 Å². The second-order valence-corrected chi connectivity index (χ2v) is 8.51. The first-order chi connectivity index (χ1) is 16.7. The molecule has 4 heterocycles. The Hall–Kier alpha value is -3.96. The highest BCUT2D eigenvalue weighted by Gasteiger charge is 2.78. The summed E-state index contributed by atoms with van der Waals surface area (Å²) in [5.74, 6) is -16.5. The summed E-state index contributed by atoms with van der Waals surface area (Å²) in [6, 6.07) is 2.45. The van der Waals surface area contributed by atoms with E-state index in [9.17, 15) is 50.4 Å². The van der Waals surface area contributed by atoms with Crippen molar-refractivity contribution in [1.29, 1.82) is 5.26 Å². The van der Waals surface area contributed by atoms with Crippen molar-refractivity contribution in [3.05, 3.63) is 36.0 Å². The fourth-order valence-corrected chi connectivity index (χ4v) is 5.05. The van der Waals surface area contributed by atoms with Crippen LogP contribution in [-0.2, 0) is 9.59 Å². The molecule has 1 aromatic heterocycles. The van der Waals surface area contributed by atoms with Gasteiger partial charge in [-0.3, -0.25) is 14.6 Å². The summed E-state index contributed by atoms with van der Waals surface area (Å²) in [6.45, 7) is -0.744. The number of nitriles is 1. The van der Waals surface area contributed by atoms with Gasteiger partial charge in [0.05, 0.1) is 28.9 Å². The average Bonchev–Trinajstić information content (AvgIpc) is 3.48. The molecule has 8 nitrogen and oxygen atoms in total. The maximum atomic E-state index is 14.1. The lowest BCUT2D eigenvalue weighted by Crippen LogP contribution is -2.64. The van der Waals surface area contributed by atoms with Crippen LogP contribution in [0.25, 0.3) is 10.9 Å². The summed E-state index contributed by atoms with van der Waals surface area (Å²) < 4.78 is 92.9. The van der Waals surface area contributed by atoms with Crippen molar-refractivity contribution >= 4 is 34.4 Å². The van der Waals surface area contributed by atoms with Gasteiger partial charge in [0.1, 0.15) is 12.1 Å². The third kappa shape index (κ3) is 2.86. The van der Waals surface area contributed by atoms with E-state index in [0.29, 0.717) is 4.90 Å². The SMILES string of the molecule is N#Cc1ccc(N2C(=O)[C@H]3C4CC(CN4C(=O)C(F)(F)C(F)(F)C(F)(F)F)N3C2=O)c2cccnc12. The number of carbonyl (C=O) groups is 3. The van der Waals surface area contributed by atoms with E-state index in [1.165, 1.54) is 30.5 Å². The van der Waals surface area contributed by atoms with Crippen LogP contribution in [0.5, 0.6) is 0 Å². The first-order valence-electron chi connectivity index (χ1n) is 10.3. The lowest BCUT2D eigenvalue weighted by Gasteiger charge is -2.38. The standard InChI is InChI=1S/C21H12F7N5O3/c22-19(23,20(24,25)21(26,27)28)17(35)31-8-10-6-13(31)15-16(34)33(18(36)32(10)15)12-4-3-9(7-29)14-11(12)2-1-5-30-14/h1-5,10,13,15H,6,8H2/t10?,13?,15-/m1/s1. The Morgan fingerprint density at radius 2 is 1.78 bits per heavy atom. The molecule has 3 fully saturated rings. The van der Waals surface area contributed by atoms with Crippen LogP contribution in [0.1, 0.15) is 12.0 Å². The van der Waals surface area contributed by atoms with Crippen molar-refractivity contribution in [3.8, 4) is 6.07 Å². The molecule has 0 saturated carbocycles. The summed E-state index contributed by atoms with van der Waals surface area (Å²) in [6.07, 6.45) is -5.57. The molecule has 5 rings (SSSR count). The van der Waals surface area contributed by atoms with E-state index in [1.807, 2.05) is 6.07 Å². The predicted octanol–water partition coefficient (Wildman–Crippen LogP) is 3.06. The van der Waals surface area contributed by atoms with Gasteiger partial charge in [0.2, 0.25) is 0 Å². The minimum atomic E-state index is -6.70. The summed E-state index contributed by atoms with van der Waals surface area (Å²) in [5.41, 5.74) is 0.310. The van der Waals surface area contributed by atoms with Crippen molar-refractivity contribution < 1.29 is 45.1 Å². The Kier molecular flexibility index (Phi) is 4.80. The van der Waals surface area contributed by atoms with E-state index in [-0.39, 0.29) is 33.5 Å². The summed E-state index contributed by atoms with van der Waals surface area (Å²) >= 11 is 0. The first kappa shape index (κ1) is 23.8. The smallest absolute Gasteiger partial charge is 0.330 e. The molecule has 0 spiro atoms. The van der Waals surface area contributed by atoms with Gasteiger partial charge in [-0.1, -0.05) is 0 Å². The number of pyridine rings is 1. The number of likely N-dealkylation sites (tertiary alicyclic amines) is 1. The largest absolute Gasteiger partial charge is 0.460 e. The highest BCUT2D eigenvalue weighted by Crippen LogP contribution is 2.50. The number of hydrogen-bond acceptors (Lipinski definition) is 5. The van der Waals surface area contributed by atoms with E-state index in [4.69, 9.17) is 0 Å². The van der Waals surface area contributed by atoms with E-state index in [2.05, 4.69) is 4.98 Å². The fraction of sp³-hybridized carbons (Fsp3) is 0.381. The molecule has 4 amide bonds. The van der Waals surface area contributed by atoms with Crippen LogP contribution < -0.4 is 4.90 Å². The van der Waals surface area contributed by atoms with Crippen LogP contribution in [0.4, 0.5) is 41.2 Å². The maximum Gasteiger partial charge on any atom is 0.460 e. The number of anilines is 1. The van der Waals surface area contributed by atoms with Gasteiger partial charge in [0.25, 0.3) is 11.8 Å². The number of nitrogens with zero attached hydrogens (tertiary/aromatic N) is 5. The molecule has 2 unspecified atom stereocenters. The number of alkyl halides is 7. The van der Waals surface area contributed by atoms with Crippen LogP contribution >= 0.6 is 0 Å². The fourth-order valence-electron chi connectivity index (χ4n) is 5.05. The molecule has 2 aromatic rings. The lowest BCUT2D eigenvalue weighted by atomic mass is 10.0. The second kappa shape index (κ2) is 7.28. The molecule has 0 N–H and O–H groups in total. The third-order valence-electron chi connectivity index (χ3n) is 6.65. The molecule has 2 bridgehead atoms. The van der Waals surface area contributed by atoms with Gasteiger partial charge in [-0.25, -0.2) is 9.69 Å². The summed E-state index contributed by atoms with van der Waals surface area (Å²) in [7, 11) is 0. The quantitative estimate of drug-likeness (QED) is 0.463. The maximum absolute atomic E-state index is 14.1. The molecular formula is C21H12F7N5O3. The van der Waals surface area contributed by atoms with Crippen molar-refractivity contribution in [2.24, 2.45) is 0 Å². The zero-order valence-corrected chi connectivity index (χ0v) is 17.6. The van der Waals surface area contributed by atoms with Crippen molar-refractivity contribution in [3.63, 3.8) is 0 Å². The Morgan fingerprint density at radius 1 is 1.08 bits per heavy atom. The molecule has 3 saturated heterocycles. The highest BCUT2D eigenvalue weighted by atomic mass is 19.4. The Balaban J connectivity index is 1.50. The third-order valence-corrected chi connectivity index (χ3v) is 6.65. The number of halogens is 7. The topological polar surface area (TPSA) is 97.6 Å². The van der Waals surface area contributed by atoms with Crippen LogP contribution in [0.3, 0.4) is 0 Å². The molecule has 3 aliphatic rings. The van der Waals surface area contributed by atoms with E-state index >= 15 is 0 Å². The molecular weight excluding hydrogens is 503 g/mol. The molecule has 3 atom stereocenters. The molecule has 3 aliphatic heterocycles. The zero-order valence-electron chi connectivity index (χ0n) is 17.6. The van der Waals surface area contributed by atoms with Gasteiger partial charge in [-0.05, 0) is 30.7 Å². The van der Waals surface area contributed by atoms with Gasteiger partial charge in [-0.15, -0.1) is 0 Å². The highest BCUT2D eigenvalue weighted by molar-refractivity contribution is 6.25. The van der Waals surface area contributed by atoms with Gasteiger partial charge >= 0.3 is 24.1 Å². The first-order valence-corrected chi connectivity index (χ1v) is 10.3. The van der Waals surface area contributed by atoms with Gasteiger partial charge in [0.15, 0.2) is 0 Å². The van der Waals surface area contributed by atoms with E-state index < -0.39 is 60.5 Å². The Bertz CT molecular complexity index is 1370. The number of hydrogen-bond donors (Lipinski definition) is 0. The van der Waals surface area contributed by atoms with Gasteiger partial charge < -0.3 is 9.80 Å². The number of amides is 4. The summed E-state index contributed by atoms with van der Waals surface area (Å²) in [4.78, 5) is 44.6. The molecule has 0 aliphatic carbocycles. The number of fused-ring (bicyclic) bond motifs is 6. The van der Waals surface area contributed by atoms with Gasteiger partial charge in [0, 0.05) is 18.1 Å². The number of piperazine rings is 1. The van der Waals surface area contributed by atoms with Crippen LogP contribution in [0.15, 0.2) is 30.5 Å². The zero-order chi connectivity index (χ0) is 26.4. The number of imide groups is 1. The van der Waals surface area contributed by atoms with E-state index in [1.54, 1.807) is 0 Å².